The first-order valence-electron chi connectivity index (χ1n) is 8.48. The van der Waals surface area contributed by atoms with Crippen molar-refractivity contribution in [2.45, 2.75) is 18.8 Å². The molecule has 124 valence electrons. The van der Waals surface area contributed by atoms with E-state index in [-0.39, 0.29) is 17.5 Å². The largest absolute Gasteiger partial charge is 0.294 e. The summed E-state index contributed by atoms with van der Waals surface area (Å²) in [7, 11) is 0. The van der Waals surface area contributed by atoms with Crippen LogP contribution in [0, 0.1) is 0 Å². The van der Waals surface area contributed by atoms with Gasteiger partial charge in [-0.2, -0.15) is 0 Å². The molecule has 2 heteroatoms. The first-order valence-corrected chi connectivity index (χ1v) is 8.48. The topological polar surface area (TPSA) is 34.1 Å². The maximum absolute atomic E-state index is 13.0. The predicted molar refractivity (Wildman–Crippen MR) is 100.0 cm³/mol. The van der Waals surface area contributed by atoms with Gasteiger partial charge < -0.3 is 0 Å². The van der Waals surface area contributed by atoms with Crippen LogP contribution in [0.15, 0.2) is 91.0 Å². The van der Waals surface area contributed by atoms with Gasteiger partial charge in [0.2, 0.25) is 0 Å². The summed E-state index contributed by atoms with van der Waals surface area (Å²) >= 11 is 0. The highest BCUT2D eigenvalue weighted by Gasteiger charge is 2.23. The molecular weight excluding hydrogens is 308 g/mol. The Morgan fingerprint density at radius 2 is 1.12 bits per heavy atom. The smallest absolute Gasteiger partial charge is 0.170 e. The van der Waals surface area contributed by atoms with E-state index in [2.05, 4.69) is 0 Å². The van der Waals surface area contributed by atoms with Crippen LogP contribution in [0.2, 0.25) is 0 Å². The molecule has 0 aliphatic rings. The highest BCUT2D eigenvalue weighted by molar-refractivity contribution is 6.02. The van der Waals surface area contributed by atoms with Crippen LogP contribution in [0.25, 0.3) is 0 Å². The number of hydrogen-bond donors (Lipinski definition) is 0. The first kappa shape index (κ1) is 16.8. The predicted octanol–water partition coefficient (Wildman–Crippen LogP) is 5.32. The molecule has 0 aliphatic heterocycles. The van der Waals surface area contributed by atoms with Crippen LogP contribution in [-0.2, 0) is 0 Å². The number of ketones is 2. The van der Waals surface area contributed by atoms with Crippen molar-refractivity contribution in [1.29, 1.82) is 0 Å². The molecule has 3 rings (SSSR count). The Hall–Kier alpha value is -3.00. The lowest BCUT2D eigenvalue weighted by molar-refractivity contribution is 0.0936. The molecule has 0 saturated carbocycles. The van der Waals surface area contributed by atoms with Crippen molar-refractivity contribution in [2.75, 3.05) is 0 Å². The Morgan fingerprint density at radius 1 is 0.640 bits per heavy atom. The van der Waals surface area contributed by atoms with Gasteiger partial charge in [0.05, 0.1) is 0 Å². The third kappa shape index (κ3) is 4.30. The third-order valence-electron chi connectivity index (χ3n) is 4.33. The van der Waals surface area contributed by atoms with Gasteiger partial charge in [0.15, 0.2) is 11.6 Å². The molecule has 0 saturated heterocycles. The molecule has 25 heavy (non-hydrogen) atoms. The van der Waals surface area contributed by atoms with Crippen molar-refractivity contribution in [3.05, 3.63) is 108 Å². The summed E-state index contributed by atoms with van der Waals surface area (Å²) in [6.45, 7) is 0. The molecule has 0 heterocycles. The lowest BCUT2D eigenvalue weighted by Crippen LogP contribution is -2.15. The molecule has 0 fully saturated rings. The van der Waals surface area contributed by atoms with Crippen molar-refractivity contribution >= 4 is 11.6 Å². The van der Waals surface area contributed by atoms with E-state index >= 15 is 0 Å². The molecule has 0 bridgehead atoms. The van der Waals surface area contributed by atoms with E-state index in [4.69, 9.17) is 0 Å². The minimum atomic E-state index is -0.309. The van der Waals surface area contributed by atoms with Crippen molar-refractivity contribution in [2.24, 2.45) is 0 Å². The Labute approximate surface area is 148 Å². The monoisotopic (exact) mass is 328 g/mol. The van der Waals surface area contributed by atoms with E-state index < -0.39 is 0 Å². The maximum Gasteiger partial charge on any atom is 0.170 e. The number of hydrogen-bond acceptors (Lipinski definition) is 2. The number of carbonyl (C=O) groups is 2. The standard InChI is InChI=1S/C23H20O2/c24-22(19-12-6-2-7-13-19)17-16-21(18-10-4-1-5-11-18)23(25)20-14-8-3-9-15-20/h1-15,21H,16-17H2/t21-/m1/s1. The van der Waals surface area contributed by atoms with Gasteiger partial charge in [0, 0.05) is 23.5 Å². The highest BCUT2D eigenvalue weighted by atomic mass is 16.1. The van der Waals surface area contributed by atoms with Crippen LogP contribution in [0.3, 0.4) is 0 Å². The zero-order chi connectivity index (χ0) is 17.5. The molecule has 0 radical (unpaired) electrons. The van der Waals surface area contributed by atoms with Gasteiger partial charge >= 0.3 is 0 Å². The fourth-order valence-corrected chi connectivity index (χ4v) is 2.98. The van der Waals surface area contributed by atoms with Gasteiger partial charge in [-0.25, -0.2) is 0 Å². The second-order valence-electron chi connectivity index (χ2n) is 6.02. The molecule has 0 N–H and O–H groups in total. The Morgan fingerprint density at radius 3 is 1.68 bits per heavy atom. The van der Waals surface area contributed by atoms with Crippen LogP contribution in [-0.4, -0.2) is 11.6 Å². The summed E-state index contributed by atoms with van der Waals surface area (Å²) in [6, 6.07) is 28.2. The SMILES string of the molecule is O=C(CC[C@@H](C(=O)c1ccccc1)c1ccccc1)c1ccccc1. The molecule has 0 unspecified atom stereocenters. The van der Waals surface area contributed by atoms with Gasteiger partial charge in [0.1, 0.15) is 0 Å². The first-order chi connectivity index (χ1) is 12.3. The average molecular weight is 328 g/mol. The third-order valence-corrected chi connectivity index (χ3v) is 4.33. The van der Waals surface area contributed by atoms with E-state index in [9.17, 15) is 9.59 Å². The van der Waals surface area contributed by atoms with Gasteiger partial charge in [-0.3, -0.25) is 9.59 Å². The van der Waals surface area contributed by atoms with Crippen molar-refractivity contribution in [3.8, 4) is 0 Å². The van der Waals surface area contributed by atoms with E-state index in [1.165, 1.54) is 0 Å². The van der Waals surface area contributed by atoms with Crippen LogP contribution >= 0.6 is 0 Å². The Kier molecular flexibility index (Phi) is 5.53. The number of Topliss-reactive ketones (excluding diaryl/α,β-unsaturated/α-hetero) is 2. The molecule has 1 atom stereocenters. The Bertz CT molecular complexity index is 824. The number of rotatable bonds is 7. The summed E-state index contributed by atoms with van der Waals surface area (Å²) < 4.78 is 0. The number of benzene rings is 3. The lowest BCUT2D eigenvalue weighted by Gasteiger charge is -2.16. The fraction of sp³-hybridized carbons (Fsp3) is 0.130. The van der Waals surface area contributed by atoms with E-state index in [1.54, 1.807) is 0 Å². The molecule has 0 aromatic heterocycles. The summed E-state index contributed by atoms with van der Waals surface area (Å²) in [6.07, 6.45) is 0.855. The van der Waals surface area contributed by atoms with Crippen LogP contribution in [0.1, 0.15) is 45.0 Å². The molecule has 0 amide bonds. The summed E-state index contributed by atoms with van der Waals surface area (Å²) in [5.74, 6) is -0.175. The van der Waals surface area contributed by atoms with E-state index in [1.807, 2.05) is 91.0 Å². The van der Waals surface area contributed by atoms with Crippen molar-refractivity contribution in [1.82, 2.24) is 0 Å². The molecule has 3 aromatic rings. The lowest BCUT2D eigenvalue weighted by atomic mass is 9.86. The van der Waals surface area contributed by atoms with Gasteiger partial charge in [-0.1, -0.05) is 91.0 Å². The minimum Gasteiger partial charge on any atom is -0.294 e. The zero-order valence-electron chi connectivity index (χ0n) is 14.0. The summed E-state index contributed by atoms with van der Waals surface area (Å²) in [5, 5.41) is 0. The Balaban J connectivity index is 1.80. The molecule has 2 nitrogen and oxygen atoms in total. The fourth-order valence-electron chi connectivity index (χ4n) is 2.98. The minimum absolute atomic E-state index is 0.0626. The van der Waals surface area contributed by atoms with Gasteiger partial charge in [-0.05, 0) is 12.0 Å². The highest BCUT2D eigenvalue weighted by Crippen LogP contribution is 2.26. The van der Waals surface area contributed by atoms with Gasteiger partial charge in [0.25, 0.3) is 0 Å². The molecule has 3 aromatic carbocycles. The summed E-state index contributed by atoms with van der Waals surface area (Å²) in [4.78, 5) is 25.4. The average Bonchev–Trinajstić information content (AvgIpc) is 2.70. The van der Waals surface area contributed by atoms with E-state index in [0.717, 1.165) is 5.56 Å². The van der Waals surface area contributed by atoms with Crippen LogP contribution in [0.4, 0.5) is 0 Å². The van der Waals surface area contributed by atoms with Crippen molar-refractivity contribution in [3.63, 3.8) is 0 Å². The number of carbonyl (C=O) groups excluding carboxylic acids is 2. The van der Waals surface area contributed by atoms with Crippen molar-refractivity contribution < 1.29 is 9.59 Å². The quantitative estimate of drug-likeness (QED) is 0.550. The molecular formula is C23H20O2. The second-order valence-corrected chi connectivity index (χ2v) is 6.02. The second kappa shape index (κ2) is 8.20. The normalized spacial score (nSPS) is 11.7. The van der Waals surface area contributed by atoms with Gasteiger partial charge in [-0.15, -0.1) is 0 Å². The summed E-state index contributed by atoms with van der Waals surface area (Å²) in [5.41, 5.74) is 2.34. The maximum atomic E-state index is 13.0. The molecule has 0 aliphatic carbocycles. The van der Waals surface area contributed by atoms with E-state index in [0.29, 0.717) is 24.0 Å². The van der Waals surface area contributed by atoms with Crippen LogP contribution in [0.5, 0.6) is 0 Å². The van der Waals surface area contributed by atoms with Crippen LogP contribution < -0.4 is 0 Å². The zero-order valence-corrected chi connectivity index (χ0v) is 14.0. The molecule has 0 spiro atoms.